The number of nitrogens with two attached hydrogens (primary N) is 1. The molecule has 1 aliphatic heterocycles. The van der Waals surface area contributed by atoms with Crippen LogP contribution in [0.3, 0.4) is 0 Å². The number of fused-ring (bicyclic) bond motifs is 1. The monoisotopic (exact) mass is 498 g/mol. The van der Waals surface area contributed by atoms with Crippen LogP contribution in [0.15, 0.2) is 18.3 Å². The normalized spacial score (nSPS) is 27.7. The standard InChI is InChI=1S/C24H31F5N6/c1-13(2)35-20(10-19(32-35)14-7-18(24(27,28)29)23(30)31-11-14)22-16-8-15(9-17(16)22)34-5-3-33(4-6-34)12-21(25)26/h7,10-11,13,15-17,21-22H,3-6,8-9,12H2,1-2H3,(H2,30,31)/t15-,16+,17?,22-/m1/s1. The molecule has 0 radical (unpaired) electrons. The Balaban J connectivity index is 1.28. The third kappa shape index (κ3) is 4.76. The molecular formula is C24H31F5N6. The van der Waals surface area contributed by atoms with Crippen LogP contribution in [0.2, 0.25) is 0 Å². The summed E-state index contributed by atoms with van der Waals surface area (Å²) in [4.78, 5) is 8.04. The molecule has 2 aromatic heterocycles. The molecule has 2 aromatic rings. The van der Waals surface area contributed by atoms with Gasteiger partial charge in [0, 0.05) is 61.6 Å². The highest BCUT2D eigenvalue weighted by Gasteiger charge is 2.58. The molecule has 11 heteroatoms. The Kier molecular flexibility index (Phi) is 6.27. The van der Waals surface area contributed by atoms with E-state index in [4.69, 9.17) is 5.73 Å². The van der Waals surface area contributed by atoms with E-state index in [9.17, 15) is 22.0 Å². The molecule has 1 unspecified atom stereocenters. The van der Waals surface area contributed by atoms with Crippen LogP contribution in [0, 0.1) is 11.8 Å². The number of hydrogen-bond donors (Lipinski definition) is 1. The third-order valence-electron chi connectivity index (χ3n) is 7.85. The topological polar surface area (TPSA) is 63.2 Å². The fourth-order valence-corrected chi connectivity index (χ4v) is 6.11. The van der Waals surface area contributed by atoms with Gasteiger partial charge in [0.2, 0.25) is 0 Å². The van der Waals surface area contributed by atoms with Crippen molar-refractivity contribution in [2.45, 2.75) is 57.3 Å². The van der Waals surface area contributed by atoms with Gasteiger partial charge in [0.05, 0.1) is 17.8 Å². The van der Waals surface area contributed by atoms with Gasteiger partial charge in [-0.3, -0.25) is 14.5 Å². The minimum atomic E-state index is -4.58. The lowest BCUT2D eigenvalue weighted by Crippen LogP contribution is -2.51. The van der Waals surface area contributed by atoms with E-state index >= 15 is 0 Å². The van der Waals surface area contributed by atoms with Crippen LogP contribution in [0.25, 0.3) is 11.3 Å². The number of hydrogen-bond acceptors (Lipinski definition) is 5. The van der Waals surface area contributed by atoms with Gasteiger partial charge in [0.1, 0.15) is 5.82 Å². The number of piperazine rings is 1. The quantitative estimate of drug-likeness (QED) is 0.595. The number of alkyl halides is 5. The van der Waals surface area contributed by atoms with Gasteiger partial charge in [0.25, 0.3) is 6.43 Å². The average molecular weight is 499 g/mol. The maximum absolute atomic E-state index is 13.3. The smallest absolute Gasteiger partial charge is 0.383 e. The molecule has 6 nitrogen and oxygen atoms in total. The fraction of sp³-hybridized carbons (Fsp3) is 0.667. The van der Waals surface area contributed by atoms with Gasteiger partial charge >= 0.3 is 6.18 Å². The van der Waals surface area contributed by atoms with Gasteiger partial charge in [-0.1, -0.05) is 0 Å². The zero-order valence-electron chi connectivity index (χ0n) is 19.8. The zero-order chi connectivity index (χ0) is 25.1. The molecule has 3 fully saturated rings. The molecule has 4 atom stereocenters. The van der Waals surface area contributed by atoms with E-state index in [1.807, 2.05) is 29.5 Å². The maximum Gasteiger partial charge on any atom is 0.419 e. The molecule has 0 amide bonds. The van der Waals surface area contributed by atoms with Gasteiger partial charge in [-0.05, 0) is 50.7 Å². The summed E-state index contributed by atoms with van der Waals surface area (Å²) < 4.78 is 67.2. The predicted octanol–water partition coefficient (Wildman–Crippen LogP) is 4.50. The predicted molar refractivity (Wildman–Crippen MR) is 122 cm³/mol. The first-order chi connectivity index (χ1) is 16.5. The largest absolute Gasteiger partial charge is 0.419 e. The second-order valence-corrected chi connectivity index (χ2v) is 10.4. The van der Waals surface area contributed by atoms with Crippen molar-refractivity contribution in [2.24, 2.45) is 11.8 Å². The van der Waals surface area contributed by atoms with Crippen LogP contribution >= 0.6 is 0 Å². The second-order valence-electron chi connectivity index (χ2n) is 10.4. The summed E-state index contributed by atoms with van der Waals surface area (Å²) in [5.41, 5.74) is 6.36. The number of halogens is 5. The highest BCUT2D eigenvalue weighted by Crippen LogP contribution is 2.64. The van der Waals surface area contributed by atoms with Crippen molar-refractivity contribution in [2.75, 3.05) is 38.5 Å². The highest BCUT2D eigenvalue weighted by molar-refractivity contribution is 5.63. The van der Waals surface area contributed by atoms with Crippen LogP contribution in [-0.4, -0.2) is 69.8 Å². The SMILES string of the molecule is CC(C)n1nc(-c2cnc(N)c(C(F)(F)F)c2)cc1[C@H]1C2C[C@H](N3CCN(CC(F)F)CC3)C[C@@H]21. The molecule has 2 saturated carbocycles. The molecule has 3 aliphatic rings. The van der Waals surface area contributed by atoms with E-state index in [0.717, 1.165) is 37.7 Å². The minimum absolute atomic E-state index is 0.0719. The molecule has 0 aromatic carbocycles. The molecule has 0 spiro atoms. The van der Waals surface area contributed by atoms with E-state index in [0.29, 0.717) is 48.1 Å². The maximum atomic E-state index is 13.3. The molecule has 2 aliphatic carbocycles. The summed E-state index contributed by atoms with van der Waals surface area (Å²) in [7, 11) is 0. The number of anilines is 1. The van der Waals surface area contributed by atoms with Crippen molar-refractivity contribution < 1.29 is 22.0 Å². The van der Waals surface area contributed by atoms with Crippen molar-refractivity contribution >= 4 is 5.82 Å². The van der Waals surface area contributed by atoms with Crippen molar-refractivity contribution in [3.8, 4) is 11.3 Å². The summed E-state index contributed by atoms with van der Waals surface area (Å²) in [5, 5.41) is 4.65. The summed E-state index contributed by atoms with van der Waals surface area (Å²) >= 11 is 0. The average Bonchev–Trinajstić information content (AvgIpc) is 3.13. The summed E-state index contributed by atoms with van der Waals surface area (Å²) in [6, 6.07) is 3.48. The first-order valence-corrected chi connectivity index (χ1v) is 12.2. The van der Waals surface area contributed by atoms with Crippen molar-refractivity contribution in [1.29, 1.82) is 0 Å². The van der Waals surface area contributed by atoms with Crippen LogP contribution < -0.4 is 5.73 Å². The van der Waals surface area contributed by atoms with Crippen LogP contribution in [0.5, 0.6) is 0 Å². The fourth-order valence-electron chi connectivity index (χ4n) is 6.11. The van der Waals surface area contributed by atoms with Crippen molar-refractivity contribution in [1.82, 2.24) is 24.6 Å². The van der Waals surface area contributed by atoms with Gasteiger partial charge in [-0.2, -0.15) is 18.3 Å². The number of nitrogen functional groups attached to an aromatic ring is 1. The first-order valence-electron chi connectivity index (χ1n) is 12.2. The zero-order valence-corrected chi connectivity index (χ0v) is 19.8. The molecule has 35 heavy (non-hydrogen) atoms. The molecule has 0 bridgehead atoms. The van der Waals surface area contributed by atoms with Gasteiger partial charge in [-0.25, -0.2) is 13.8 Å². The minimum Gasteiger partial charge on any atom is -0.383 e. The highest BCUT2D eigenvalue weighted by atomic mass is 19.4. The Bertz CT molecular complexity index is 1050. The summed E-state index contributed by atoms with van der Waals surface area (Å²) in [6.07, 6.45) is -3.40. The lowest BCUT2D eigenvalue weighted by atomic mass is 10.0. The van der Waals surface area contributed by atoms with Crippen molar-refractivity contribution in [3.05, 3.63) is 29.6 Å². The first kappa shape index (κ1) is 24.4. The van der Waals surface area contributed by atoms with Gasteiger partial charge in [0.15, 0.2) is 0 Å². The Hall–Kier alpha value is -2.27. The molecule has 1 saturated heterocycles. The number of aromatic nitrogens is 3. The van der Waals surface area contributed by atoms with E-state index < -0.39 is 24.0 Å². The third-order valence-corrected chi connectivity index (χ3v) is 7.85. The molecule has 3 heterocycles. The van der Waals surface area contributed by atoms with E-state index in [-0.39, 0.29) is 12.6 Å². The van der Waals surface area contributed by atoms with Crippen LogP contribution in [-0.2, 0) is 6.18 Å². The molecule has 192 valence electrons. The van der Waals surface area contributed by atoms with Gasteiger partial charge in [-0.15, -0.1) is 0 Å². The van der Waals surface area contributed by atoms with E-state index in [1.54, 1.807) is 0 Å². The Labute approximate surface area is 201 Å². The summed E-state index contributed by atoms with van der Waals surface area (Å²) in [5.74, 6) is 0.856. The van der Waals surface area contributed by atoms with E-state index in [1.165, 1.54) is 6.20 Å². The Morgan fingerprint density at radius 1 is 1.06 bits per heavy atom. The van der Waals surface area contributed by atoms with E-state index in [2.05, 4.69) is 15.0 Å². The lowest BCUT2D eigenvalue weighted by Gasteiger charge is -2.38. The number of nitrogens with zero attached hydrogens (tertiary/aromatic N) is 5. The Morgan fingerprint density at radius 3 is 2.29 bits per heavy atom. The Morgan fingerprint density at radius 2 is 1.71 bits per heavy atom. The van der Waals surface area contributed by atoms with Crippen LogP contribution in [0.4, 0.5) is 27.8 Å². The molecule has 2 N–H and O–H groups in total. The second kappa shape index (κ2) is 8.99. The van der Waals surface area contributed by atoms with Crippen molar-refractivity contribution in [3.63, 3.8) is 0 Å². The molecule has 5 rings (SSSR count). The number of pyridine rings is 1. The van der Waals surface area contributed by atoms with Crippen LogP contribution in [0.1, 0.15) is 49.9 Å². The molecular weight excluding hydrogens is 467 g/mol. The van der Waals surface area contributed by atoms with Gasteiger partial charge < -0.3 is 5.73 Å². The summed E-state index contributed by atoms with van der Waals surface area (Å²) in [6.45, 7) is 6.88. The lowest BCUT2D eigenvalue weighted by molar-refractivity contribution is -0.137. The number of rotatable bonds is 6.